The second kappa shape index (κ2) is 10.2. The Balaban J connectivity index is 3.71. The Morgan fingerprint density at radius 3 is 2.00 bits per heavy atom. The van der Waals surface area contributed by atoms with Crippen LogP contribution >= 0.6 is 0 Å². The van der Waals surface area contributed by atoms with Gasteiger partial charge in [-0.3, -0.25) is 0 Å². The summed E-state index contributed by atoms with van der Waals surface area (Å²) >= 11 is 0. The van der Waals surface area contributed by atoms with Crippen LogP contribution in [0.4, 0.5) is 0 Å². The lowest BCUT2D eigenvalue weighted by Gasteiger charge is -2.17. The minimum atomic E-state index is 0.369. The summed E-state index contributed by atoms with van der Waals surface area (Å²) in [5.74, 6) is 0. The molecule has 0 aromatic heterocycles. The van der Waals surface area contributed by atoms with Gasteiger partial charge in [-0.05, 0) is 39.1 Å². The van der Waals surface area contributed by atoms with Crippen LogP contribution in [0.1, 0.15) is 46.5 Å². The van der Waals surface area contributed by atoms with Crippen LogP contribution in [0.15, 0.2) is 24.6 Å². The Kier molecular flexibility index (Phi) is 9.49. The van der Waals surface area contributed by atoms with Crippen molar-refractivity contribution in [1.29, 1.82) is 0 Å². The van der Waals surface area contributed by atoms with E-state index < -0.39 is 0 Å². The molecule has 0 aromatic carbocycles. The van der Waals surface area contributed by atoms with Gasteiger partial charge in [-0.1, -0.05) is 31.9 Å². The molecule has 2 nitrogen and oxygen atoms in total. The quantitative estimate of drug-likeness (QED) is 0.460. The standard InChI is InChI=1S/C12H24N2/c1-4-7-8-9-12(13-10-5-2)14-11-6-3/h5-6,10-14H,4,7-9H2,1-3H3/b10-5-,11-6-. The van der Waals surface area contributed by atoms with Crippen LogP contribution in [0.2, 0.25) is 0 Å². The number of unbranched alkanes of at least 4 members (excludes halogenated alkanes) is 2. The van der Waals surface area contributed by atoms with E-state index in [1.165, 1.54) is 25.7 Å². The van der Waals surface area contributed by atoms with Gasteiger partial charge in [0.05, 0.1) is 6.17 Å². The van der Waals surface area contributed by atoms with Gasteiger partial charge in [0.15, 0.2) is 0 Å². The third kappa shape index (κ3) is 7.71. The molecule has 2 heteroatoms. The smallest absolute Gasteiger partial charge is 0.0954 e. The Hall–Kier alpha value is -0.920. The molecule has 0 aliphatic carbocycles. The highest BCUT2D eigenvalue weighted by molar-refractivity contribution is 4.83. The third-order valence-corrected chi connectivity index (χ3v) is 2.02. The summed E-state index contributed by atoms with van der Waals surface area (Å²) in [5, 5.41) is 6.64. The first-order valence-corrected chi connectivity index (χ1v) is 5.59. The number of hydrogen-bond acceptors (Lipinski definition) is 2. The lowest BCUT2D eigenvalue weighted by molar-refractivity contribution is 0.469. The first kappa shape index (κ1) is 13.1. The maximum atomic E-state index is 3.32. The molecule has 0 atom stereocenters. The normalized spacial score (nSPS) is 11.7. The zero-order valence-corrected chi connectivity index (χ0v) is 9.72. The Labute approximate surface area is 88.5 Å². The molecule has 14 heavy (non-hydrogen) atoms. The first-order valence-electron chi connectivity index (χ1n) is 5.59. The van der Waals surface area contributed by atoms with Crippen molar-refractivity contribution in [1.82, 2.24) is 10.6 Å². The van der Waals surface area contributed by atoms with E-state index in [2.05, 4.69) is 17.6 Å². The average Bonchev–Trinajstić information content (AvgIpc) is 2.21. The molecule has 0 spiro atoms. The van der Waals surface area contributed by atoms with Crippen molar-refractivity contribution in [2.45, 2.75) is 52.6 Å². The second-order valence-corrected chi connectivity index (χ2v) is 3.38. The van der Waals surface area contributed by atoms with Gasteiger partial charge in [-0.25, -0.2) is 0 Å². The summed E-state index contributed by atoms with van der Waals surface area (Å²) in [6.45, 7) is 6.27. The fourth-order valence-electron chi connectivity index (χ4n) is 1.24. The largest absolute Gasteiger partial charge is 0.372 e. The van der Waals surface area contributed by atoms with E-state index in [0.717, 1.165) is 0 Å². The van der Waals surface area contributed by atoms with Crippen LogP contribution in [0, 0.1) is 0 Å². The Morgan fingerprint density at radius 2 is 1.57 bits per heavy atom. The van der Waals surface area contributed by atoms with E-state index in [4.69, 9.17) is 0 Å². The van der Waals surface area contributed by atoms with Gasteiger partial charge in [0.1, 0.15) is 0 Å². The van der Waals surface area contributed by atoms with Gasteiger partial charge in [-0.2, -0.15) is 0 Å². The minimum Gasteiger partial charge on any atom is -0.372 e. The molecule has 0 amide bonds. The van der Waals surface area contributed by atoms with Crippen molar-refractivity contribution < 1.29 is 0 Å². The summed E-state index contributed by atoms with van der Waals surface area (Å²) in [6, 6.07) is 0. The van der Waals surface area contributed by atoms with Crippen LogP contribution in [0.25, 0.3) is 0 Å². The molecule has 0 rings (SSSR count). The zero-order valence-electron chi connectivity index (χ0n) is 9.72. The van der Waals surface area contributed by atoms with Gasteiger partial charge < -0.3 is 10.6 Å². The highest BCUT2D eigenvalue weighted by Gasteiger charge is 2.01. The van der Waals surface area contributed by atoms with Crippen LogP contribution in [-0.4, -0.2) is 6.17 Å². The Morgan fingerprint density at radius 1 is 1.00 bits per heavy atom. The molecule has 0 heterocycles. The topological polar surface area (TPSA) is 24.1 Å². The first-order chi connectivity index (χ1) is 6.85. The van der Waals surface area contributed by atoms with Crippen molar-refractivity contribution in [3.05, 3.63) is 24.6 Å². The molecule has 0 fully saturated rings. The number of nitrogens with one attached hydrogen (secondary N) is 2. The lowest BCUT2D eigenvalue weighted by atomic mass is 10.2. The second-order valence-electron chi connectivity index (χ2n) is 3.38. The molecule has 0 unspecified atom stereocenters. The van der Waals surface area contributed by atoms with Crippen LogP contribution in [0.5, 0.6) is 0 Å². The molecule has 0 aliphatic heterocycles. The van der Waals surface area contributed by atoms with Gasteiger partial charge in [0.2, 0.25) is 0 Å². The molecule has 2 N–H and O–H groups in total. The highest BCUT2D eigenvalue weighted by atomic mass is 15.1. The van der Waals surface area contributed by atoms with E-state index >= 15 is 0 Å². The lowest BCUT2D eigenvalue weighted by Crippen LogP contribution is -2.36. The summed E-state index contributed by atoms with van der Waals surface area (Å²) in [6.07, 6.45) is 13.4. The predicted octanol–water partition coefficient (Wildman–Crippen LogP) is 3.14. The summed E-state index contributed by atoms with van der Waals surface area (Å²) in [7, 11) is 0. The van der Waals surface area contributed by atoms with E-state index in [9.17, 15) is 0 Å². The monoisotopic (exact) mass is 196 g/mol. The minimum absolute atomic E-state index is 0.369. The summed E-state index contributed by atoms with van der Waals surface area (Å²) in [5.41, 5.74) is 0. The SMILES string of the molecule is C/C=C\NC(CCCCC)N/C=C\C. The van der Waals surface area contributed by atoms with Crippen molar-refractivity contribution >= 4 is 0 Å². The van der Waals surface area contributed by atoms with Gasteiger partial charge in [0.25, 0.3) is 0 Å². The maximum absolute atomic E-state index is 3.32. The molecule has 0 saturated carbocycles. The van der Waals surface area contributed by atoms with Crippen LogP contribution in [-0.2, 0) is 0 Å². The summed E-state index contributed by atoms with van der Waals surface area (Å²) in [4.78, 5) is 0. The molecule has 82 valence electrons. The van der Waals surface area contributed by atoms with E-state index in [0.29, 0.717) is 6.17 Å². The highest BCUT2D eigenvalue weighted by Crippen LogP contribution is 2.01. The molecular formula is C12H24N2. The summed E-state index contributed by atoms with van der Waals surface area (Å²) < 4.78 is 0. The van der Waals surface area contributed by atoms with E-state index in [1.807, 2.05) is 38.4 Å². The molecular weight excluding hydrogens is 172 g/mol. The molecule has 0 aromatic rings. The molecule has 0 aliphatic rings. The van der Waals surface area contributed by atoms with Crippen LogP contribution in [0.3, 0.4) is 0 Å². The molecule has 0 bridgehead atoms. The number of hydrogen-bond donors (Lipinski definition) is 2. The number of allylic oxidation sites excluding steroid dienone is 2. The fraction of sp³-hybridized carbons (Fsp3) is 0.667. The number of rotatable bonds is 8. The molecule has 0 radical (unpaired) electrons. The van der Waals surface area contributed by atoms with E-state index in [1.54, 1.807) is 0 Å². The van der Waals surface area contributed by atoms with Crippen LogP contribution < -0.4 is 10.6 Å². The van der Waals surface area contributed by atoms with E-state index in [-0.39, 0.29) is 0 Å². The van der Waals surface area contributed by atoms with Crippen molar-refractivity contribution in [2.75, 3.05) is 0 Å². The van der Waals surface area contributed by atoms with Crippen molar-refractivity contribution in [3.8, 4) is 0 Å². The van der Waals surface area contributed by atoms with Gasteiger partial charge in [0, 0.05) is 0 Å². The fourth-order valence-corrected chi connectivity index (χ4v) is 1.24. The van der Waals surface area contributed by atoms with Gasteiger partial charge in [-0.15, -0.1) is 0 Å². The van der Waals surface area contributed by atoms with Crippen molar-refractivity contribution in [3.63, 3.8) is 0 Å². The van der Waals surface area contributed by atoms with Crippen molar-refractivity contribution in [2.24, 2.45) is 0 Å². The average molecular weight is 196 g/mol. The third-order valence-electron chi connectivity index (χ3n) is 2.02. The Bertz CT molecular complexity index is 148. The van der Waals surface area contributed by atoms with Gasteiger partial charge >= 0.3 is 0 Å². The zero-order chi connectivity index (χ0) is 10.6. The maximum Gasteiger partial charge on any atom is 0.0954 e. The molecule has 0 saturated heterocycles. The predicted molar refractivity (Wildman–Crippen MR) is 63.8 cm³/mol.